The summed E-state index contributed by atoms with van der Waals surface area (Å²) in [5, 5.41) is 14.6. The van der Waals surface area contributed by atoms with Gasteiger partial charge in [0.25, 0.3) is 0 Å². The maximum atomic E-state index is 12.1. The van der Waals surface area contributed by atoms with E-state index in [-0.39, 0.29) is 23.7 Å². The molecule has 0 radical (unpaired) electrons. The Morgan fingerprint density at radius 3 is 2.21 bits per heavy atom. The summed E-state index contributed by atoms with van der Waals surface area (Å²) in [4.78, 5) is 12.1. The number of carbonyl (C=O) groups excluding carboxylic acids is 1. The Morgan fingerprint density at radius 1 is 1.21 bits per heavy atom. The van der Waals surface area contributed by atoms with E-state index in [1.807, 2.05) is 20.8 Å². The summed E-state index contributed by atoms with van der Waals surface area (Å²) in [7, 11) is 0. The van der Waals surface area contributed by atoms with Crippen LogP contribution in [0.5, 0.6) is 0 Å². The van der Waals surface area contributed by atoms with Crippen LogP contribution in [-0.4, -0.2) is 23.0 Å². The van der Waals surface area contributed by atoms with E-state index in [2.05, 4.69) is 24.3 Å². The van der Waals surface area contributed by atoms with Gasteiger partial charge in [-0.15, -0.1) is 0 Å². The topological polar surface area (TPSA) is 87.7 Å². The second-order valence-electron chi connectivity index (χ2n) is 5.98. The van der Waals surface area contributed by atoms with E-state index in [4.69, 9.17) is 10.9 Å². The highest BCUT2D eigenvalue weighted by Crippen LogP contribution is 2.13. The first-order valence-electron chi connectivity index (χ1n) is 7.07. The van der Waals surface area contributed by atoms with E-state index in [1.54, 1.807) is 0 Å². The molecule has 2 unspecified atom stereocenters. The number of nitrogens with two attached hydrogens (primary N) is 1. The minimum atomic E-state index is -0.572. The van der Waals surface area contributed by atoms with Gasteiger partial charge < -0.3 is 16.3 Å². The Morgan fingerprint density at radius 2 is 1.79 bits per heavy atom. The number of nitrogens with one attached hydrogen (secondary N) is 1. The summed E-state index contributed by atoms with van der Waals surface area (Å²) in [5.74, 6) is -0.0796. The van der Waals surface area contributed by atoms with Crippen LogP contribution in [0.3, 0.4) is 0 Å². The predicted molar refractivity (Wildman–Crippen MR) is 78.0 cm³/mol. The molecule has 0 aliphatic heterocycles. The van der Waals surface area contributed by atoms with Crippen LogP contribution in [0.4, 0.5) is 0 Å². The fraction of sp³-hybridized carbons (Fsp3) is 0.857. The van der Waals surface area contributed by atoms with Crippen molar-refractivity contribution in [2.24, 2.45) is 28.6 Å². The summed E-state index contributed by atoms with van der Waals surface area (Å²) in [6, 6.07) is 0.110. The van der Waals surface area contributed by atoms with E-state index < -0.39 is 5.92 Å². The van der Waals surface area contributed by atoms with Gasteiger partial charge in [-0.2, -0.15) is 0 Å². The molecule has 0 saturated carbocycles. The first-order chi connectivity index (χ1) is 8.79. The van der Waals surface area contributed by atoms with E-state index in [9.17, 15) is 4.79 Å². The van der Waals surface area contributed by atoms with Gasteiger partial charge in [0.15, 0.2) is 5.84 Å². The smallest absolute Gasteiger partial charge is 0.231 e. The molecule has 1 amide bonds. The van der Waals surface area contributed by atoms with Crippen molar-refractivity contribution in [3.8, 4) is 0 Å². The summed E-state index contributed by atoms with van der Waals surface area (Å²) < 4.78 is 0. The standard InChI is InChI=1S/C14H29N3O2/c1-9(2)7-6-8-11(5)16-14(18)12(10(3)4)13(15)17-19/h9-12,19H,6-8H2,1-5H3,(H2,15,17)(H,16,18). The van der Waals surface area contributed by atoms with Crippen molar-refractivity contribution in [3.63, 3.8) is 0 Å². The molecule has 0 spiro atoms. The SMILES string of the molecule is CC(C)CCCC(C)NC(=O)C(C(N)=NO)C(C)C. The number of amidine groups is 1. The molecule has 0 aromatic carbocycles. The lowest BCUT2D eigenvalue weighted by atomic mass is 9.93. The lowest BCUT2D eigenvalue weighted by Crippen LogP contribution is -2.44. The van der Waals surface area contributed by atoms with Crippen molar-refractivity contribution in [1.29, 1.82) is 0 Å². The highest BCUT2D eigenvalue weighted by atomic mass is 16.4. The van der Waals surface area contributed by atoms with Crippen LogP contribution >= 0.6 is 0 Å². The van der Waals surface area contributed by atoms with E-state index in [0.29, 0.717) is 5.92 Å². The quantitative estimate of drug-likeness (QED) is 0.274. The lowest BCUT2D eigenvalue weighted by molar-refractivity contribution is -0.124. The van der Waals surface area contributed by atoms with Gasteiger partial charge in [0.1, 0.15) is 5.92 Å². The predicted octanol–water partition coefficient (Wildman–Crippen LogP) is 2.34. The van der Waals surface area contributed by atoms with E-state index in [0.717, 1.165) is 19.3 Å². The maximum absolute atomic E-state index is 12.1. The molecule has 0 aliphatic carbocycles. The fourth-order valence-corrected chi connectivity index (χ4v) is 2.08. The molecular weight excluding hydrogens is 242 g/mol. The largest absolute Gasteiger partial charge is 0.409 e. The third-order valence-corrected chi connectivity index (χ3v) is 3.19. The van der Waals surface area contributed by atoms with Crippen molar-refractivity contribution in [2.75, 3.05) is 0 Å². The number of rotatable bonds is 8. The second-order valence-corrected chi connectivity index (χ2v) is 5.98. The van der Waals surface area contributed by atoms with Crippen LogP contribution in [0.25, 0.3) is 0 Å². The van der Waals surface area contributed by atoms with E-state index >= 15 is 0 Å². The third kappa shape index (κ3) is 7.03. The highest BCUT2D eigenvalue weighted by molar-refractivity contribution is 6.02. The van der Waals surface area contributed by atoms with Gasteiger partial charge in [-0.1, -0.05) is 45.7 Å². The van der Waals surface area contributed by atoms with Gasteiger partial charge in [0.2, 0.25) is 5.91 Å². The fourth-order valence-electron chi connectivity index (χ4n) is 2.08. The van der Waals surface area contributed by atoms with Crippen molar-refractivity contribution >= 4 is 11.7 Å². The van der Waals surface area contributed by atoms with Crippen molar-refractivity contribution in [3.05, 3.63) is 0 Å². The molecule has 0 fully saturated rings. The zero-order valence-electron chi connectivity index (χ0n) is 12.8. The highest BCUT2D eigenvalue weighted by Gasteiger charge is 2.27. The van der Waals surface area contributed by atoms with Gasteiger partial charge in [0.05, 0.1) is 0 Å². The molecule has 5 heteroatoms. The second kappa shape index (κ2) is 8.77. The van der Waals surface area contributed by atoms with Crippen molar-refractivity contribution < 1.29 is 10.0 Å². The van der Waals surface area contributed by atoms with Crippen molar-refractivity contribution in [1.82, 2.24) is 5.32 Å². The molecule has 5 nitrogen and oxygen atoms in total. The molecule has 0 rings (SSSR count). The van der Waals surface area contributed by atoms with E-state index in [1.165, 1.54) is 0 Å². The van der Waals surface area contributed by atoms with Crippen LogP contribution in [-0.2, 0) is 4.79 Å². The Balaban J connectivity index is 4.32. The summed E-state index contributed by atoms with van der Waals surface area (Å²) in [6.45, 7) is 10.1. The molecule has 112 valence electrons. The first kappa shape index (κ1) is 17.7. The first-order valence-corrected chi connectivity index (χ1v) is 7.07. The molecule has 0 saturated heterocycles. The Bertz CT molecular complexity index is 301. The Kier molecular flexibility index (Phi) is 8.19. The minimum Gasteiger partial charge on any atom is -0.409 e. The number of hydrogen-bond donors (Lipinski definition) is 3. The molecule has 0 bridgehead atoms. The maximum Gasteiger partial charge on any atom is 0.231 e. The van der Waals surface area contributed by atoms with Crippen LogP contribution < -0.4 is 11.1 Å². The van der Waals surface area contributed by atoms with Gasteiger partial charge in [0, 0.05) is 6.04 Å². The molecule has 0 aromatic heterocycles. The monoisotopic (exact) mass is 271 g/mol. The van der Waals surface area contributed by atoms with Gasteiger partial charge >= 0.3 is 0 Å². The molecule has 0 heterocycles. The average molecular weight is 271 g/mol. The van der Waals surface area contributed by atoms with Crippen LogP contribution in [0.1, 0.15) is 53.9 Å². The van der Waals surface area contributed by atoms with Crippen LogP contribution in [0, 0.1) is 17.8 Å². The van der Waals surface area contributed by atoms with Crippen molar-refractivity contribution in [2.45, 2.75) is 59.9 Å². The van der Waals surface area contributed by atoms with Gasteiger partial charge in [-0.05, 0) is 25.2 Å². The number of hydrogen-bond acceptors (Lipinski definition) is 3. The zero-order valence-corrected chi connectivity index (χ0v) is 12.8. The Hall–Kier alpha value is -1.26. The molecule has 2 atom stereocenters. The van der Waals surface area contributed by atoms with Crippen LogP contribution in [0.15, 0.2) is 5.16 Å². The Labute approximate surface area is 116 Å². The molecule has 0 aromatic rings. The molecule has 19 heavy (non-hydrogen) atoms. The molecular formula is C14H29N3O2. The van der Waals surface area contributed by atoms with Crippen LogP contribution in [0.2, 0.25) is 0 Å². The number of amides is 1. The number of nitrogens with zero attached hydrogens (tertiary/aromatic N) is 1. The molecule has 0 aliphatic rings. The normalized spacial score (nSPS) is 15.6. The third-order valence-electron chi connectivity index (χ3n) is 3.19. The minimum absolute atomic E-state index is 0.00114. The zero-order chi connectivity index (χ0) is 15.0. The number of oxime groups is 1. The van der Waals surface area contributed by atoms with Gasteiger partial charge in [-0.3, -0.25) is 4.79 Å². The average Bonchev–Trinajstić information content (AvgIpc) is 2.27. The summed E-state index contributed by atoms with van der Waals surface area (Å²) in [5.41, 5.74) is 5.57. The summed E-state index contributed by atoms with van der Waals surface area (Å²) >= 11 is 0. The summed E-state index contributed by atoms with van der Waals surface area (Å²) in [6.07, 6.45) is 3.20. The number of carbonyl (C=O) groups is 1. The van der Waals surface area contributed by atoms with Gasteiger partial charge in [-0.25, -0.2) is 0 Å². The molecule has 4 N–H and O–H groups in total. The lowest BCUT2D eigenvalue weighted by Gasteiger charge is -2.22.